The molecule has 0 radical (unpaired) electrons. The standard InChI is InChI=1S/C41H43NO/c1-29-12-15-34(16-13-29)40-25-31(3)41(26-30(40)2)35-20-22-37(23-21-35)42(4)38-10-8-11-39(28-38)43-24-7-5-6-9-32-14-17-33-18-19-36(33)27-32/h8,10-17,20-23,25-28H,5-7,9,18-19,24H2,1-4H3. The molecule has 0 fully saturated rings. The third kappa shape index (κ3) is 6.70. The number of unbranched alkanes of at least 4 members (excludes halogenated alkanes) is 2. The summed E-state index contributed by atoms with van der Waals surface area (Å²) >= 11 is 0. The maximum absolute atomic E-state index is 6.15. The second kappa shape index (κ2) is 12.9. The number of hydrogen-bond donors (Lipinski definition) is 0. The molecule has 5 aromatic carbocycles. The smallest absolute Gasteiger partial charge is 0.121 e. The van der Waals surface area contributed by atoms with E-state index in [1.165, 1.54) is 76.6 Å². The summed E-state index contributed by atoms with van der Waals surface area (Å²) in [7, 11) is 2.12. The van der Waals surface area contributed by atoms with Crippen LogP contribution in [0.4, 0.5) is 11.4 Å². The van der Waals surface area contributed by atoms with Gasteiger partial charge in [-0.3, -0.25) is 0 Å². The van der Waals surface area contributed by atoms with Gasteiger partial charge in [-0.1, -0.05) is 78.4 Å². The summed E-state index contributed by atoms with van der Waals surface area (Å²) in [6.45, 7) is 7.32. The Morgan fingerprint density at radius 2 is 1.28 bits per heavy atom. The molecule has 218 valence electrons. The van der Waals surface area contributed by atoms with Crippen LogP contribution >= 0.6 is 0 Å². The Morgan fingerprint density at radius 3 is 1.93 bits per heavy atom. The van der Waals surface area contributed by atoms with Gasteiger partial charge in [0.05, 0.1) is 6.61 Å². The maximum Gasteiger partial charge on any atom is 0.121 e. The second-order valence-electron chi connectivity index (χ2n) is 12.2. The van der Waals surface area contributed by atoms with Gasteiger partial charge in [-0.15, -0.1) is 0 Å². The number of fused-ring (bicyclic) bond motifs is 1. The molecular weight excluding hydrogens is 522 g/mol. The Kier molecular flexibility index (Phi) is 8.65. The fraction of sp³-hybridized carbons (Fsp3) is 0.268. The van der Waals surface area contributed by atoms with Crippen LogP contribution in [0.3, 0.4) is 0 Å². The van der Waals surface area contributed by atoms with E-state index in [1.54, 1.807) is 11.1 Å². The SMILES string of the molecule is Cc1ccc(-c2cc(C)c(-c3ccc(N(C)c4cccc(OCCCCCc5ccc6c(c5)CC6)c4)cc3)cc2C)cc1. The molecule has 6 rings (SSSR count). The molecule has 0 aromatic heterocycles. The molecule has 1 aliphatic carbocycles. The average molecular weight is 566 g/mol. The third-order valence-corrected chi connectivity index (χ3v) is 9.02. The first kappa shape index (κ1) is 28.8. The molecule has 0 bridgehead atoms. The van der Waals surface area contributed by atoms with Crippen LogP contribution in [0.25, 0.3) is 22.3 Å². The van der Waals surface area contributed by atoms with E-state index >= 15 is 0 Å². The maximum atomic E-state index is 6.15. The first-order valence-electron chi connectivity index (χ1n) is 15.8. The van der Waals surface area contributed by atoms with Crippen LogP contribution in [0.1, 0.15) is 52.6 Å². The van der Waals surface area contributed by atoms with E-state index in [0.717, 1.165) is 30.2 Å². The Morgan fingerprint density at radius 1 is 0.605 bits per heavy atom. The largest absolute Gasteiger partial charge is 0.494 e. The van der Waals surface area contributed by atoms with Gasteiger partial charge in [-0.05, 0) is 134 Å². The average Bonchev–Trinajstić information content (AvgIpc) is 3.01. The van der Waals surface area contributed by atoms with Crippen molar-refractivity contribution in [1.29, 1.82) is 0 Å². The zero-order valence-corrected chi connectivity index (χ0v) is 26.1. The first-order valence-corrected chi connectivity index (χ1v) is 15.8. The van der Waals surface area contributed by atoms with Crippen molar-refractivity contribution >= 4 is 11.4 Å². The fourth-order valence-corrected chi connectivity index (χ4v) is 6.17. The third-order valence-electron chi connectivity index (χ3n) is 9.02. The van der Waals surface area contributed by atoms with Crippen molar-refractivity contribution in [3.63, 3.8) is 0 Å². The van der Waals surface area contributed by atoms with Crippen molar-refractivity contribution in [3.05, 3.63) is 137 Å². The topological polar surface area (TPSA) is 12.5 Å². The van der Waals surface area contributed by atoms with E-state index in [9.17, 15) is 0 Å². The molecule has 0 heterocycles. The molecule has 0 aliphatic heterocycles. The van der Waals surface area contributed by atoms with E-state index in [2.05, 4.69) is 136 Å². The number of nitrogens with zero attached hydrogens (tertiary/aromatic N) is 1. The van der Waals surface area contributed by atoms with Crippen LogP contribution in [0.2, 0.25) is 0 Å². The van der Waals surface area contributed by atoms with E-state index in [1.807, 2.05) is 0 Å². The van der Waals surface area contributed by atoms with Gasteiger partial charge >= 0.3 is 0 Å². The Hall–Kier alpha value is -4.30. The number of ether oxygens (including phenoxy) is 1. The Balaban J connectivity index is 1.04. The lowest BCUT2D eigenvalue weighted by molar-refractivity contribution is 0.305. The van der Waals surface area contributed by atoms with E-state index in [-0.39, 0.29) is 0 Å². The number of hydrogen-bond acceptors (Lipinski definition) is 2. The fourth-order valence-electron chi connectivity index (χ4n) is 6.17. The quantitative estimate of drug-likeness (QED) is 0.148. The van der Waals surface area contributed by atoms with Crippen molar-refractivity contribution < 1.29 is 4.74 Å². The minimum atomic E-state index is 0.757. The zero-order valence-electron chi connectivity index (χ0n) is 26.1. The summed E-state index contributed by atoms with van der Waals surface area (Å²) < 4.78 is 6.15. The van der Waals surface area contributed by atoms with Gasteiger partial charge in [0, 0.05) is 24.5 Å². The number of rotatable bonds is 11. The van der Waals surface area contributed by atoms with Crippen LogP contribution in [-0.4, -0.2) is 13.7 Å². The normalized spacial score (nSPS) is 12.0. The van der Waals surface area contributed by atoms with Crippen LogP contribution in [0, 0.1) is 20.8 Å². The number of aryl methyl sites for hydroxylation is 6. The summed E-state index contributed by atoms with van der Waals surface area (Å²) in [5, 5.41) is 0. The van der Waals surface area contributed by atoms with Gasteiger partial charge in [0.1, 0.15) is 5.75 Å². The Labute approximate surface area is 258 Å². The van der Waals surface area contributed by atoms with Crippen molar-refractivity contribution in [2.24, 2.45) is 0 Å². The minimum absolute atomic E-state index is 0.757. The predicted octanol–water partition coefficient (Wildman–Crippen LogP) is 10.6. The summed E-state index contributed by atoms with van der Waals surface area (Å²) in [5.41, 5.74) is 15.9. The summed E-state index contributed by atoms with van der Waals surface area (Å²) in [5.74, 6) is 0.933. The monoisotopic (exact) mass is 565 g/mol. The second-order valence-corrected chi connectivity index (χ2v) is 12.2. The predicted molar refractivity (Wildman–Crippen MR) is 183 cm³/mol. The van der Waals surface area contributed by atoms with Gasteiger partial charge in [0.2, 0.25) is 0 Å². The molecule has 0 saturated carbocycles. The van der Waals surface area contributed by atoms with Crippen LogP contribution in [0.15, 0.2) is 103 Å². The van der Waals surface area contributed by atoms with Crippen molar-refractivity contribution in [2.45, 2.75) is 59.3 Å². The van der Waals surface area contributed by atoms with Gasteiger partial charge in [0.15, 0.2) is 0 Å². The molecule has 5 aromatic rings. The lowest BCUT2D eigenvalue weighted by Gasteiger charge is -2.21. The van der Waals surface area contributed by atoms with Gasteiger partial charge in [-0.25, -0.2) is 0 Å². The van der Waals surface area contributed by atoms with Crippen LogP contribution in [0.5, 0.6) is 5.75 Å². The molecule has 0 unspecified atom stereocenters. The zero-order chi connectivity index (χ0) is 29.8. The molecule has 2 heteroatoms. The summed E-state index contributed by atoms with van der Waals surface area (Å²) in [6.07, 6.45) is 7.19. The number of anilines is 2. The lowest BCUT2D eigenvalue weighted by atomic mass is 9.86. The van der Waals surface area contributed by atoms with Crippen molar-refractivity contribution in [2.75, 3.05) is 18.6 Å². The van der Waals surface area contributed by atoms with Crippen LogP contribution in [-0.2, 0) is 19.3 Å². The Bertz CT molecular complexity index is 1700. The minimum Gasteiger partial charge on any atom is -0.494 e. The molecular formula is C41H43NO. The van der Waals surface area contributed by atoms with Crippen molar-refractivity contribution in [3.8, 4) is 28.0 Å². The highest BCUT2D eigenvalue weighted by Gasteiger charge is 2.13. The van der Waals surface area contributed by atoms with Gasteiger partial charge in [-0.2, -0.15) is 0 Å². The van der Waals surface area contributed by atoms with E-state index < -0.39 is 0 Å². The van der Waals surface area contributed by atoms with E-state index in [4.69, 9.17) is 4.74 Å². The highest BCUT2D eigenvalue weighted by Crippen LogP contribution is 2.34. The first-order chi connectivity index (χ1) is 20.9. The molecule has 1 aliphatic rings. The van der Waals surface area contributed by atoms with Crippen LogP contribution < -0.4 is 9.64 Å². The van der Waals surface area contributed by atoms with Gasteiger partial charge in [0.25, 0.3) is 0 Å². The molecule has 2 nitrogen and oxygen atoms in total. The van der Waals surface area contributed by atoms with E-state index in [0.29, 0.717) is 0 Å². The molecule has 43 heavy (non-hydrogen) atoms. The molecule has 0 N–H and O–H groups in total. The lowest BCUT2D eigenvalue weighted by Crippen LogP contribution is -2.09. The highest BCUT2D eigenvalue weighted by atomic mass is 16.5. The molecule has 0 spiro atoms. The number of benzene rings is 5. The molecule has 0 amide bonds. The van der Waals surface area contributed by atoms with Crippen molar-refractivity contribution in [1.82, 2.24) is 0 Å². The summed E-state index contributed by atoms with van der Waals surface area (Å²) in [6, 6.07) is 37.9. The highest BCUT2D eigenvalue weighted by molar-refractivity contribution is 5.77. The molecule has 0 saturated heterocycles. The molecule has 0 atom stereocenters. The summed E-state index contributed by atoms with van der Waals surface area (Å²) in [4.78, 5) is 2.23. The van der Waals surface area contributed by atoms with Gasteiger partial charge < -0.3 is 9.64 Å².